The van der Waals surface area contributed by atoms with Crippen molar-refractivity contribution in [3.8, 4) is 11.5 Å². The zero-order chi connectivity index (χ0) is 22.5. The number of hydrogen-bond donors (Lipinski definition) is 1. The average molecular weight is 429 g/mol. The number of alkyl halides is 4. The van der Waals surface area contributed by atoms with E-state index < -0.39 is 46.8 Å². The molecule has 160 valence electrons. The van der Waals surface area contributed by atoms with Gasteiger partial charge in [0.1, 0.15) is 5.82 Å². The number of halogens is 5. The summed E-state index contributed by atoms with van der Waals surface area (Å²) in [7, 11) is 0. The molecular formula is C20H16F5NO4. The summed E-state index contributed by atoms with van der Waals surface area (Å²) in [6.07, 6.45) is -9.83. The second-order valence-corrected chi connectivity index (χ2v) is 7.19. The molecule has 1 amide bonds. The first-order chi connectivity index (χ1) is 13.8. The number of amides is 1. The summed E-state index contributed by atoms with van der Waals surface area (Å²) in [6, 6.07) is 7.12. The van der Waals surface area contributed by atoms with Crippen molar-refractivity contribution in [1.29, 1.82) is 0 Å². The Morgan fingerprint density at radius 1 is 0.933 bits per heavy atom. The topological polar surface area (TPSA) is 64.6 Å². The molecule has 3 rings (SSSR count). The van der Waals surface area contributed by atoms with Crippen LogP contribution in [0.1, 0.15) is 40.1 Å². The van der Waals surface area contributed by atoms with Crippen LogP contribution in [0.4, 0.5) is 22.0 Å². The van der Waals surface area contributed by atoms with Gasteiger partial charge in [0, 0.05) is 11.1 Å². The molecule has 10 heteroatoms. The minimum Gasteiger partial charge on any atom is -0.421 e. The van der Waals surface area contributed by atoms with Crippen LogP contribution in [0.3, 0.4) is 0 Å². The zero-order valence-corrected chi connectivity index (χ0v) is 16.0. The third-order valence-corrected chi connectivity index (χ3v) is 4.53. The highest BCUT2D eigenvalue weighted by atomic mass is 19.3. The first-order valence-corrected chi connectivity index (χ1v) is 8.66. The maximum absolute atomic E-state index is 13.8. The lowest BCUT2D eigenvalue weighted by molar-refractivity contribution is -0.391. The van der Waals surface area contributed by atoms with Crippen LogP contribution in [0.2, 0.25) is 0 Å². The van der Waals surface area contributed by atoms with Gasteiger partial charge in [-0.25, -0.2) is 4.39 Å². The molecule has 30 heavy (non-hydrogen) atoms. The van der Waals surface area contributed by atoms with Crippen molar-refractivity contribution in [2.24, 2.45) is 0 Å². The largest absolute Gasteiger partial charge is 0.507 e. The summed E-state index contributed by atoms with van der Waals surface area (Å²) in [5, 5.41) is 2.38. The van der Waals surface area contributed by atoms with E-state index >= 15 is 0 Å². The van der Waals surface area contributed by atoms with E-state index in [1.807, 2.05) is 0 Å². The minimum atomic E-state index is -4.94. The third kappa shape index (κ3) is 3.57. The Labute approximate surface area is 167 Å². The number of carbonyl (C=O) groups is 2. The molecule has 0 radical (unpaired) electrons. The van der Waals surface area contributed by atoms with Crippen molar-refractivity contribution in [1.82, 2.24) is 5.32 Å². The van der Waals surface area contributed by atoms with Gasteiger partial charge in [-0.1, -0.05) is 12.1 Å². The molecule has 2 aromatic rings. The van der Waals surface area contributed by atoms with Crippen molar-refractivity contribution in [2.45, 2.75) is 38.5 Å². The van der Waals surface area contributed by atoms with Gasteiger partial charge in [0.25, 0.3) is 5.91 Å². The van der Waals surface area contributed by atoms with Crippen molar-refractivity contribution in [3.63, 3.8) is 0 Å². The standard InChI is InChI=1S/C20H16F5NO4/c1-10-11(8-9-14-15(10)30-20(24,25)19(22,23)29-14)16(27)18(2,3)26-17(28)12-6-4-5-7-13(12)21/h4-9H,1-3H3,(H,26,28). The molecular weight excluding hydrogens is 413 g/mol. The van der Waals surface area contributed by atoms with Crippen LogP contribution in [0.5, 0.6) is 11.5 Å². The highest BCUT2D eigenvalue weighted by molar-refractivity contribution is 6.08. The van der Waals surface area contributed by atoms with Crippen LogP contribution in [0.15, 0.2) is 36.4 Å². The Morgan fingerprint density at radius 3 is 2.17 bits per heavy atom. The van der Waals surface area contributed by atoms with E-state index in [1.165, 1.54) is 39.0 Å². The van der Waals surface area contributed by atoms with Crippen molar-refractivity contribution in [3.05, 3.63) is 58.9 Å². The lowest BCUT2D eigenvalue weighted by Crippen LogP contribution is -2.52. The maximum atomic E-state index is 13.8. The number of carbonyl (C=O) groups excluding carboxylic acids is 2. The smallest absolute Gasteiger partial charge is 0.421 e. The number of hydrogen-bond acceptors (Lipinski definition) is 4. The lowest BCUT2D eigenvalue weighted by atomic mass is 9.89. The number of rotatable bonds is 4. The maximum Gasteiger partial charge on any atom is 0.507 e. The molecule has 1 heterocycles. The van der Waals surface area contributed by atoms with Gasteiger partial charge in [0.2, 0.25) is 0 Å². The van der Waals surface area contributed by atoms with Gasteiger partial charge in [-0.3, -0.25) is 9.59 Å². The van der Waals surface area contributed by atoms with E-state index in [2.05, 4.69) is 14.8 Å². The molecule has 0 fully saturated rings. The van der Waals surface area contributed by atoms with Crippen molar-refractivity contribution < 1.29 is 41.0 Å². The highest BCUT2D eigenvalue weighted by Gasteiger charge is 2.66. The third-order valence-electron chi connectivity index (χ3n) is 4.53. The Kier molecular flexibility index (Phi) is 5.00. The number of ether oxygens (including phenoxy) is 2. The minimum absolute atomic E-state index is 0.169. The van der Waals surface area contributed by atoms with E-state index in [1.54, 1.807) is 0 Å². The van der Waals surface area contributed by atoms with Gasteiger partial charge in [-0.05, 0) is 45.0 Å². The molecule has 5 nitrogen and oxygen atoms in total. The van der Waals surface area contributed by atoms with Crippen LogP contribution >= 0.6 is 0 Å². The molecule has 1 N–H and O–H groups in total. The van der Waals surface area contributed by atoms with E-state index in [0.29, 0.717) is 0 Å². The second kappa shape index (κ2) is 6.96. The fourth-order valence-corrected chi connectivity index (χ4v) is 2.90. The fraction of sp³-hybridized carbons (Fsp3) is 0.300. The van der Waals surface area contributed by atoms with E-state index in [-0.39, 0.29) is 16.7 Å². The van der Waals surface area contributed by atoms with Crippen LogP contribution in [-0.2, 0) is 0 Å². The Balaban J connectivity index is 1.92. The molecule has 0 aliphatic carbocycles. The molecule has 2 aromatic carbocycles. The summed E-state index contributed by atoms with van der Waals surface area (Å²) in [6.45, 7) is 3.86. The van der Waals surface area contributed by atoms with Crippen molar-refractivity contribution >= 4 is 11.7 Å². The summed E-state index contributed by atoms with van der Waals surface area (Å²) in [5.41, 5.74) is -2.24. The van der Waals surface area contributed by atoms with Crippen LogP contribution in [0.25, 0.3) is 0 Å². The molecule has 0 aromatic heterocycles. The first-order valence-electron chi connectivity index (χ1n) is 8.66. The number of benzene rings is 2. The number of nitrogens with one attached hydrogen (secondary N) is 1. The molecule has 0 saturated heterocycles. The van der Waals surface area contributed by atoms with Crippen LogP contribution in [0, 0.1) is 12.7 Å². The van der Waals surface area contributed by atoms with Gasteiger partial charge >= 0.3 is 12.2 Å². The molecule has 0 unspecified atom stereocenters. The van der Waals surface area contributed by atoms with E-state index in [4.69, 9.17) is 0 Å². The van der Waals surface area contributed by atoms with E-state index in [9.17, 15) is 31.5 Å². The normalized spacial score (nSPS) is 16.7. The number of Topliss-reactive ketones (excluding diaryl/α,β-unsaturated/α-hetero) is 1. The Bertz CT molecular complexity index is 1040. The van der Waals surface area contributed by atoms with Gasteiger partial charge < -0.3 is 14.8 Å². The quantitative estimate of drug-likeness (QED) is 0.575. The Hall–Kier alpha value is -3.17. The SMILES string of the molecule is Cc1c(C(=O)C(C)(C)NC(=O)c2ccccc2F)ccc2c1OC(F)(F)C(F)(F)O2. The molecule has 0 bridgehead atoms. The van der Waals surface area contributed by atoms with Crippen molar-refractivity contribution in [2.75, 3.05) is 0 Å². The molecule has 1 aliphatic rings. The number of fused-ring (bicyclic) bond motifs is 1. The Morgan fingerprint density at radius 2 is 1.53 bits per heavy atom. The van der Waals surface area contributed by atoms with Gasteiger partial charge in [0.05, 0.1) is 11.1 Å². The predicted molar refractivity (Wildman–Crippen MR) is 94.6 cm³/mol. The summed E-state index contributed by atoms with van der Waals surface area (Å²) < 4.78 is 75.7. The second-order valence-electron chi connectivity index (χ2n) is 7.19. The first kappa shape index (κ1) is 21.5. The lowest BCUT2D eigenvalue weighted by Gasteiger charge is -2.33. The summed E-state index contributed by atoms with van der Waals surface area (Å²) in [5.74, 6) is -3.78. The predicted octanol–water partition coefficient (Wildman–Crippen LogP) is 4.48. The number of ketones is 1. The summed E-state index contributed by atoms with van der Waals surface area (Å²) >= 11 is 0. The van der Waals surface area contributed by atoms with E-state index in [0.717, 1.165) is 18.2 Å². The van der Waals surface area contributed by atoms with Crippen LogP contribution in [-0.4, -0.2) is 29.4 Å². The van der Waals surface area contributed by atoms with Gasteiger partial charge in [0.15, 0.2) is 17.3 Å². The van der Waals surface area contributed by atoms with Crippen LogP contribution < -0.4 is 14.8 Å². The zero-order valence-electron chi connectivity index (χ0n) is 16.0. The van der Waals surface area contributed by atoms with Gasteiger partial charge in [-0.2, -0.15) is 17.6 Å². The summed E-state index contributed by atoms with van der Waals surface area (Å²) in [4.78, 5) is 25.3. The fourth-order valence-electron chi connectivity index (χ4n) is 2.90. The van der Waals surface area contributed by atoms with Gasteiger partial charge in [-0.15, -0.1) is 0 Å². The molecule has 1 aliphatic heterocycles. The average Bonchev–Trinajstić information content (AvgIpc) is 2.63. The highest BCUT2D eigenvalue weighted by Crippen LogP contribution is 2.49. The molecule has 0 saturated carbocycles. The molecule has 0 atom stereocenters. The monoisotopic (exact) mass is 429 g/mol. The molecule has 0 spiro atoms.